The molecule has 76 valence electrons. The normalized spacial score (nSPS) is 10.6. The molecule has 0 bridgehead atoms. The first-order valence-corrected chi connectivity index (χ1v) is 5.72. The molecule has 0 saturated carbocycles. The Balaban J connectivity index is 3.08. The van der Waals surface area contributed by atoms with E-state index in [9.17, 15) is 4.79 Å². The molecule has 0 aliphatic heterocycles. The van der Waals surface area contributed by atoms with Gasteiger partial charge in [-0.3, -0.25) is 4.79 Å². The first-order chi connectivity index (χ1) is 6.27. The highest BCUT2D eigenvalue weighted by Gasteiger charge is 1.87. The summed E-state index contributed by atoms with van der Waals surface area (Å²) in [4.78, 5) is 10.4. The predicted molar refractivity (Wildman–Crippen MR) is 57.8 cm³/mol. The van der Waals surface area contributed by atoms with Crippen molar-refractivity contribution in [2.24, 2.45) is 0 Å². The molecular formula is C10H18O2S. The van der Waals surface area contributed by atoms with Gasteiger partial charge in [0.05, 0.1) is 0 Å². The highest BCUT2D eigenvalue weighted by atomic mass is 32.2. The van der Waals surface area contributed by atoms with Crippen molar-refractivity contribution >= 4 is 17.7 Å². The molecule has 0 radical (unpaired) electrons. The van der Waals surface area contributed by atoms with Crippen LogP contribution in [0.5, 0.6) is 0 Å². The van der Waals surface area contributed by atoms with Crippen LogP contribution in [-0.2, 0) is 9.53 Å². The van der Waals surface area contributed by atoms with Crippen molar-refractivity contribution < 1.29 is 9.53 Å². The third-order valence-corrected chi connectivity index (χ3v) is 2.35. The van der Waals surface area contributed by atoms with Crippen LogP contribution < -0.4 is 0 Å². The van der Waals surface area contributed by atoms with Crippen LogP contribution in [0.25, 0.3) is 0 Å². The smallest absolute Gasteiger partial charge is 0.302 e. The number of hydrogen-bond donors (Lipinski definition) is 0. The van der Waals surface area contributed by atoms with Gasteiger partial charge in [0.1, 0.15) is 6.61 Å². The number of carbonyl (C=O) groups is 1. The summed E-state index contributed by atoms with van der Waals surface area (Å²) >= 11 is 1.77. The van der Waals surface area contributed by atoms with Gasteiger partial charge in [-0.25, -0.2) is 0 Å². The highest BCUT2D eigenvalue weighted by Crippen LogP contribution is 2.06. The fraction of sp³-hybridized carbons (Fsp3) is 0.700. The quantitative estimate of drug-likeness (QED) is 0.469. The lowest BCUT2D eigenvalue weighted by atomic mass is 10.3. The molecule has 2 nitrogen and oxygen atoms in total. The van der Waals surface area contributed by atoms with E-state index in [4.69, 9.17) is 4.74 Å². The third-order valence-electron chi connectivity index (χ3n) is 1.44. The highest BCUT2D eigenvalue weighted by molar-refractivity contribution is 8.02. The van der Waals surface area contributed by atoms with E-state index in [0.717, 1.165) is 5.75 Å². The Labute approximate surface area is 84.7 Å². The van der Waals surface area contributed by atoms with Crippen molar-refractivity contribution in [3.05, 3.63) is 11.5 Å². The van der Waals surface area contributed by atoms with Gasteiger partial charge in [-0.2, -0.15) is 0 Å². The molecule has 0 aromatic rings. The molecular weight excluding hydrogens is 184 g/mol. The van der Waals surface area contributed by atoms with Crippen molar-refractivity contribution in [1.82, 2.24) is 0 Å². The SMILES string of the molecule is CCCCCS/C=C/COC(C)=O. The van der Waals surface area contributed by atoms with Crippen LogP contribution in [0.2, 0.25) is 0 Å². The first kappa shape index (κ1) is 12.6. The van der Waals surface area contributed by atoms with Crippen LogP contribution >= 0.6 is 11.8 Å². The predicted octanol–water partition coefficient (Wildman–Crippen LogP) is 2.99. The fourth-order valence-corrected chi connectivity index (χ4v) is 1.50. The minimum Gasteiger partial charge on any atom is -0.462 e. The third kappa shape index (κ3) is 11.6. The second-order valence-corrected chi connectivity index (χ2v) is 3.77. The van der Waals surface area contributed by atoms with E-state index in [2.05, 4.69) is 6.92 Å². The van der Waals surface area contributed by atoms with Gasteiger partial charge in [0, 0.05) is 6.92 Å². The van der Waals surface area contributed by atoms with Gasteiger partial charge in [0.2, 0.25) is 0 Å². The molecule has 0 N–H and O–H groups in total. The molecule has 0 aliphatic carbocycles. The number of carbonyl (C=O) groups excluding carboxylic acids is 1. The summed E-state index contributed by atoms with van der Waals surface area (Å²) in [6, 6.07) is 0. The van der Waals surface area contributed by atoms with Crippen molar-refractivity contribution in [1.29, 1.82) is 0 Å². The average Bonchev–Trinajstić information content (AvgIpc) is 2.09. The molecule has 0 saturated heterocycles. The molecule has 0 atom stereocenters. The lowest BCUT2D eigenvalue weighted by molar-refractivity contribution is -0.139. The lowest BCUT2D eigenvalue weighted by Crippen LogP contribution is -1.96. The summed E-state index contributed by atoms with van der Waals surface area (Å²) in [5.74, 6) is 0.936. The number of esters is 1. The summed E-state index contributed by atoms with van der Waals surface area (Å²) in [5.41, 5.74) is 0. The van der Waals surface area contributed by atoms with Crippen LogP contribution in [0.3, 0.4) is 0 Å². The van der Waals surface area contributed by atoms with Crippen molar-refractivity contribution in [3.8, 4) is 0 Å². The Hall–Kier alpha value is -0.440. The second kappa shape index (κ2) is 9.65. The Bertz CT molecular complexity index is 155. The van der Waals surface area contributed by atoms with E-state index >= 15 is 0 Å². The second-order valence-electron chi connectivity index (χ2n) is 2.75. The molecule has 0 aromatic heterocycles. The molecule has 13 heavy (non-hydrogen) atoms. The maximum Gasteiger partial charge on any atom is 0.302 e. The first-order valence-electron chi connectivity index (χ1n) is 4.67. The van der Waals surface area contributed by atoms with E-state index < -0.39 is 0 Å². The van der Waals surface area contributed by atoms with Gasteiger partial charge in [-0.15, -0.1) is 11.8 Å². The summed E-state index contributed by atoms with van der Waals surface area (Å²) in [5, 5.41) is 2.00. The minimum atomic E-state index is -0.222. The Kier molecular flexibility index (Phi) is 9.32. The van der Waals surface area contributed by atoms with Crippen LogP contribution in [0.1, 0.15) is 33.1 Å². The zero-order valence-corrected chi connectivity index (χ0v) is 9.23. The zero-order valence-electron chi connectivity index (χ0n) is 8.41. The molecule has 0 heterocycles. The Morgan fingerprint density at radius 1 is 1.46 bits per heavy atom. The lowest BCUT2D eigenvalue weighted by Gasteiger charge is -1.95. The molecule has 0 aromatic carbocycles. The van der Waals surface area contributed by atoms with Gasteiger partial charge >= 0.3 is 5.97 Å². The molecule has 0 amide bonds. The topological polar surface area (TPSA) is 26.3 Å². The number of ether oxygens (including phenoxy) is 1. The molecule has 0 rings (SSSR count). The molecule has 0 spiro atoms. The summed E-state index contributed by atoms with van der Waals surface area (Å²) in [6.45, 7) is 4.01. The van der Waals surface area contributed by atoms with Gasteiger partial charge in [0.25, 0.3) is 0 Å². The van der Waals surface area contributed by atoms with Crippen molar-refractivity contribution in [2.45, 2.75) is 33.1 Å². The van der Waals surface area contributed by atoms with Crippen LogP contribution in [-0.4, -0.2) is 18.3 Å². The fourth-order valence-electron chi connectivity index (χ4n) is 0.776. The summed E-state index contributed by atoms with van der Waals surface area (Å²) in [6.07, 6.45) is 5.69. The largest absolute Gasteiger partial charge is 0.462 e. The van der Waals surface area contributed by atoms with Crippen molar-refractivity contribution in [2.75, 3.05) is 12.4 Å². The summed E-state index contributed by atoms with van der Waals surface area (Å²) < 4.78 is 4.73. The monoisotopic (exact) mass is 202 g/mol. The van der Waals surface area contributed by atoms with Gasteiger partial charge in [-0.1, -0.05) is 19.8 Å². The van der Waals surface area contributed by atoms with Gasteiger partial charge in [0.15, 0.2) is 0 Å². The standard InChI is InChI=1S/C10H18O2S/c1-3-4-5-8-13-9-6-7-12-10(2)11/h6,9H,3-5,7-8H2,1-2H3/b9-6+. The molecule has 3 heteroatoms. The number of unbranched alkanes of at least 4 members (excludes halogenated alkanes) is 2. The van der Waals surface area contributed by atoms with E-state index in [0.29, 0.717) is 6.61 Å². The maximum atomic E-state index is 10.4. The molecule has 0 unspecified atom stereocenters. The number of hydrogen-bond acceptors (Lipinski definition) is 3. The zero-order chi connectivity index (χ0) is 9.94. The van der Waals surface area contributed by atoms with Crippen LogP contribution in [0.4, 0.5) is 0 Å². The van der Waals surface area contributed by atoms with Crippen LogP contribution in [0.15, 0.2) is 11.5 Å². The van der Waals surface area contributed by atoms with E-state index in [1.807, 2.05) is 11.5 Å². The molecule has 0 aliphatic rings. The minimum absolute atomic E-state index is 0.222. The average molecular weight is 202 g/mol. The van der Waals surface area contributed by atoms with E-state index in [1.165, 1.54) is 26.2 Å². The maximum absolute atomic E-state index is 10.4. The van der Waals surface area contributed by atoms with Gasteiger partial charge in [-0.05, 0) is 23.7 Å². The van der Waals surface area contributed by atoms with Gasteiger partial charge < -0.3 is 4.74 Å². The van der Waals surface area contributed by atoms with Crippen molar-refractivity contribution in [3.63, 3.8) is 0 Å². The summed E-state index contributed by atoms with van der Waals surface area (Å²) in [7, 11) is 0. The Morgan fingerprint density at radius 3 is 2.85 bits per heavy atom. The number of rotatable bonds is 7. The van der Waals surface area contributed by atoms with E-state index in [1.54, 1.807) is 11.8 Å². The molecule has 0 fully saturated rings. The van der Waals surface area contributed by atoms with E-state index in [-0.39, 0.29) is 5.97 Å². The number of thioether (sulfide) groups is 1. The Morgan fingerprint density at radius 2 is 2.23 bits per heavy atom. The van der Waals surface area contributed by atoms with Crippen LogP contribution in [0, 0.1) is 0 Å².